The van der Waals surface area contributed by atoms with Crippen LogP contribution in [0.5, 0.6) is 0 Å². The summed E-state index contributed by atoms with van der Waals surface area (Å²) in [5, 5.41) is 11.5. The molecule has 1 rings (SSSR count). The van der Waals surface area contributed by atoms with Gasteiger partial charge in [-0.1, -0.05) is 13.8 Å². The fraction of sp³-hybridized carbons (Fsp3) is 0.833. The van der Waals surface area contributed by atoms with Crippen LogP contribution in [0.2, 0.25) is 0 Å². The van der Waals surface area contributed by atoms with Gasteiger partial charge >= 0.3 is 5.97 Å². The molecular weight excluding hydrogens is 254 g/mol. The Morgan fingerprint density at radius 2 is 2.00 bits per heavy atom. The van der Waals surface area contributed by atoms with Crippen molar-refractivity contribution in [2.24, 2.45) is 11.3 Å². The number of amides is 1. The highest BCUT2D eigenvalue weighted by molar-refractivity contribution is 7.85. The van der Waals surface area contributed by atoms with Crippen LogP contribution in [0, 0.1) is 11.3 Å². The topological polar surface area (TPSA) is 83.5 Å². The molecule has 104 valence electrons. The van der Waals surface area contributed by atoms with Crippen molar-refractivity contribution < 1.29 is 18.9 Å². The molecule has 0 saturated heterocycles. The minimum Gasteiger partial charge on any atom is -0.481 e. The van der Waals surface area contributed by atoms with Crippen LogP contribution in [0.15, 0.2) is 0 Å². The third-order valence-electron chi connectivity index (χ3n) is 2.95. The zero-order valence-electron chi connectivity index (χ0n) is 10.9. The zero-order chi connectivity index (χ0) is 13.8. The zero-order valence-corrected chi connectivity index (χ0v) is 11.7. The van der Waals surface area contributed by atoms with Crippen LogP contribution in [-0.4, -0.2) is 39.2 Å². The summed E-state index contributed by atoms with van der Waals surface area (Å²) in [7, 11) is -1.26. The Balaban J connectivity index is 2.29. The summed E-state index contributed by atoms with van der Waals surface area (Å²) in [6.07, 6.45) is 1.67. The molecule has 0 radical (unpaired) electrons. The number of rotatable bonds is 8. The quantitative estimate of drug-likeness (QED) is 0.685. The van der Waals surface area contributed by atoms with Crippen molar-refractivity contribution in [1.29, 1.82) is 0 Å². The Hall–Kier alpha value is -0.910. The van der Waals surface area contributed by atoms with E-state index in [-0.39, 0.29) is 23.5 Å². The average Bonchev–Trinajstić information content (AvgIpc) is 2.92. The van der Waals surface area contributed by atoms with E-state index >= 15 is 0 Å². The molecule has 1 amide bonds. The molecule has 0 aliphatic heterocycles. The maximum absolute atomic E-state index is 11.8. The van der Waals surface area contributed by atoms with Gasteiger partial charge in [-0.3, -0.25) is 13.8 Å². The number of carbonyl (C=O) groups excluding carboxylic acids is 1. The number of carboxylic acids is 1. The van der Waals surface area contributed by atoms with E-state index in [0.29, 0.717) is 18.2 Å². The summed E-state index contributed by atoms with van der Waals surface area (Å²) >= 11 is 0. The van der Waals surface area contributed by atoms with Crippen molar-refractivity contribution in [3.63, 3.8) is 0 Å². The molecular formula is C12H21NO4S. The van der Waals surface area contributed by atoms with Crippen LogP contribution in [0.25, 0.3) is 0 Å². The van der Waals surface area contributed by atoms with Gasteiger partial charge in [0.25, 0.3) is 0 Å². The summed E-state index contributed by atoms with van der Waals surface area (Å²) in [5.41, 5.74) is -0.310. The molecule has 0 aromatic carbocycles. The third-order valence-corrected chi connectivity index (χ3v) is 4.47. The Kier molecular flexibility index (Phi) is 5.31. The molecule has 2 N–H and O–H groups in total. The lowest BCUT2D eigenvalue weighted by molar-refractivity contribution is -0.138. The monoisotopic (exact) mass is 275 g/mol. The van der Waals surface area contributed by atoms with Crippen molar-refractivity contribution >= 4 is 22.7 Å². The highest BCUT2D eigenvalue weighted by atomic mass is 32.2. The number of nitrogens with one attached hydrogen (secondary N) is 1. The number of hydrogen-bond acceptors (Lipinski definition) is 3. The van der Waals surface area contributed by atoms with Gasteiger partial charge in [0.05, 0.1) is 6.42 Å². The second-order valence-corrected chi connectivity index (χ2v) is 6.95. The smallest absolute Gasteiger partial charge is 0.303 e. The lowest BCUT2D eigenvalue weighted by Crippen LogP contribution is -2.32. The molecule has 0 bridgehead atoms. The van der Waals surface area contributed by atoms with Gasteiger partial charge < -0.3 is 10.4 Å². The molecule has 1 aliphatic rings. The Bertz CT molecular complexity index is 350. The normalized spacial score (nSPS) is 18.4. The first-order valence-corrected chi connectivity index (χ1v) is 7.65. The van der Waals surface area contributed by atoms with E-state index in [1.54, 1.807) is 0 Å². The largest absolute Gasteiger partial charge is 0.481 e. The molecule has 6 heteroatoms. The Labute approximate surface area is 110 Å². The summed E-state index contributed by atoms with van der Waals surface area (Å²) in [5.74, 6) is -0.395. The second-order valence-electron chi connectivity index (χ2n) is 5.50. The first-order chi connectivity index (χ1) is 8.33. The first-order valence-electron chi connectivity index (χ1n) is 6.16. The molecule has 1 saturated carbocycles. The SMILES string of the molecule is CC(C)CNC(=O)CS(=O)CC1(CC(=O)O)CC1. The van der Waals surface area contributed by atoms with Crippen LogP contribution in [0.1, 0.15) is 33.1 Å². The van der Waals surface area contributed by atoms with Gasteiger partial charge in [0.1, 0.15) is 5.75 Å². The molecule has 18 heavy (non-hydrogen) atoms. The number of aliphatic carboxylic acids is 1. The van der Waals surface area contributed by atoms with Gasteiger partial charge in [0.2, 0.25) is 5.91 Å². The summed E-state index contributed by atoms with van der Waals surface area (Å²) in [6, 6.07) is 0. The van der Waals surface area contributed by atoms with Gasteiger partial charge in [-0.2, -0.15) is 0 Å². The molecule has 1 unspecified atom stereocenters. The minimum absolute atomic E-state index is 0.0198. The van der Waals surface area contributed by atoms with Gasteiger partial charge in [0.15, 0.2) is 0 Å². The minimum atomic E-state index is -1.26. The third kappa shape index (κ3) is 5.62. The van der Waals surface area contributed by atoms with E-state index in [1.807, 2.05) is 13.8 Å². The molecule has 0 spiro atoms. The summed E-state index contributed by atoms with van der Waals surface area (Å²) < 4.78 is 11.8. The van der Waals surface area contributed by atoms with Crippen molar-refractivity contribution in [2.45, 2.75) is 33.1 Å². The number of carbonyl (C=O) groups is 2. The van der Waals surface area contributed by atoms with E-state index in [2.05, 4.69) is 5.32 Å². The Morgan fingerprint density at radius 1 is 1.39 bits per heavy atom. The predicted octanol–water partition coefficient (Wildman–Crippen LogP) is 0.762. The van der Waals surface area contributed by atoms with Crippen molar-refractivity contribution in [3.05, 3.63) is 0 Å². The molecule has 5 nitrogen and oxygen atoms in total. The van der Waals surface area contributed by atoms with E-state index in [0.717, 1.165) is 12.8 Å². The summed E-state index contributed by atoms with van der Waals surface area (Å²) in [6.45, 7) is 4.56. The van der Waals surface area contributed by atoms with Crippen LogP contribution in [0.4, 0.5) is 0 Å². The molecule has 1 atom stereocenters. The standard InChI is InChI=1S/C12H21NO4S/c1-9(2)6-13-10(14)7-18(17)8-12(3-4-12)5-11(15)16/h9H,3-8H2,1-2H3,(H,13,14)(H,15,16). The van der Waals surface area contributed by atoms with E-state index in [1.165, 1.54) is 0 Å². The van der Waals surface area contributed by atoms with Crippen molar-refractivity contribution in [1.82, 2.24) is 5.32 Å². The number of carboxylic acid groups (broad SMARTS) is 1. The molecule has 0 aromatic rings. The van der Waals surface area contributed by atoms with Gasteiger partial charge in [-0.05, 0) is 24.2 Å². The fourth-order valence-electron chi connectivity index (χ4n) is 1.78. The average molecular weight is 275 g/mol. The molecule has 0 aromatic heterocycles. The van der Waals surface area contributed by atoms with Gasteiger partial charge in [-0.25, -0.2) is 0 Å². The van der Waals surface area contributed by atoms with Crippen molar-refractivity contribution in [2.75, 3.05) is 18.1 Å². The molecule has 0 heterocycles. The Morgan fingerprint density at radius 3 is 2.44 bits per heavy atom. The maximum Gasteiger partial charge on any atom is 0.303 e. The van der Waals surface area contributed by atoms with Crippen molar-refractivity contribution in [3.8, 4) is 0 Å². The summed E-state index contributed by atoms with van der Waals surface area (Å²) in [4.78, 5) is 22.1. The lowest BCUT2D eigenvalue weighted by Gasteiger charge is -2.12. The maximum atomic E-state index is 11.8. The molecule has 1 aliphatic carbocycles. The van der Waals surface area contributed by atoms with Crippen LogP contribution >= 0.6 is 0 Å². The van der Waals surface area contributed by atoms with Gasteiger partial charge in [-0.15, -0.1) is 0 Å². The molecule has 1 fully saturated rings. The lowest BCUT2D eigenvalue weighted by atomic mass is 10.1. The van der Waals surface area contributed by atoms with Gasteiger partial charge in [0, 0.05) is 23.1 Å². The number of hydrogen-bond donors (Lipinski definition) is 2. The van der Waals surface area contributed by atoms with E-state index in [4.69, 9.17) is 5.11 Å². The predicted molar refractivity (Wildman–Crippen MR) is 69.6 cm³/mol. The first kappa shape index (κ1) is 15.1. The second kappa shape index (κ2) is 6.31. The van der Waals surface area contributed by atoms with E-state index in [9.17, 15) is 13.8 Å². The highest BCUT2D eigenvalue weighted by Gasteiger charge is 2.45. The highest BCUT2D eigenvalue weighted by Crippen LogP contribution is 2.49. The van der Waals surface area contributed by atoms with Crippen LogP contribution < -0.4 is 5.32 Å². The van der Waals surface area contributed by atoms with Crippen LogP contribution in [0.3, 0.4) is 0 Å². The van der Waals surface area contributed by atoms with E-state index < -0.39 is 16.8 Å². The van der Waals surface area contributed by atoms with Crippen LogP contribution in [-0.2, 0) is 20.4 Å². The fourth-order valence-corrected chi connectivity index (χ4v) is 3.35.